The van der Waals surface area contributed by atoms with Crippen LogP contribution in [0.5, 0.6) is 0 Å². The van der Waals surface area contributed by atoms with Crippen molar-refractivity contribution in [1.29, 1.82) is 0 Å². The largest absolute Gasteiger partial charge is 0.457 e. The van der Waals surface area contributed by atoms with E-state index in [0.29, 0.717) is 25.4 Å². The van der Waals surface area contributed by atoms with Crippen LogP contribution in [-0.4, -0.2) is 68.3 Å². The van der Waals surface area contributed by atoms with E-state index in [1.54, 1.807) is 0 Å². The van der Waals surface area contributed by atoms with E-state index < -0.39 is 17.4 Å². The van der Waals surface area contributed by atoms with E-state index in [1.807, 2.05) is 0 Å². The molecular weight excluding hydrogens is 292 g/mol. The summed E-state index contributed by atoms with van der Waals surface area (Å²) in [7, 11) is -2.87. The van der Waals surface area contributed by atoms with Gasteiger partial charge in [0.25, 0.3) is 0 Å². The molecule has 0 aliphatic carbocycles. The van der Waals surface area contributed by atoms with Gasteiger partial charge in [-0.1, -0.05) is 0 Å². The molecule has 5 nitrogen and oxygen atoms in total. The quantitative estimate of drug-likeness (QED) is 0.326. The van der Waals surface area contributed by atoms with Gasteiger partial charge < -0.3 is 23.1 Å². The standard InChI is InChI=1S/C13H28O5Si2/c1-19(2)18-20(3,4)13(17-10-12-9-16-12)5-6-14-7-11-8-15-11/h11-13,19H,5-10H2,1-4H3. The fraction of sp³-hybridized carbons (Fsp3) is 1.00. The molecule has 0 bridgehead atoms. The molecule has 3 unspecified atom stereocenters. The third kappa shape index (κ3) is 6.34. The minimum absolute atomic E-state index is 0.182. The molecule has 2 fully saturated rings. The molecule has 3 atom stereocenters. The first-order valence-corrected chi connectivity index (χ1v) is 13.3. The summed E-state index contributed by atoms with van der Waals surface area (Å²) in [5, 5.41) is 0. The fourth-order valence-electron chi connectivity index (χ4n) is 2.27. The smallest absolute Gasteiger partial charge is 0.202 e. The summed E-state index contributed by atoms with van der Waals surface area (Å²) in [5.41, 5.74) is 0.182. The van der Waals surface area contributed by atoms with E-state index in [4.69, 9.17) is 23.1 Å². The van der Waals surface area contributed by atoms with Crippen molar-refractivity contribution in [3.8, 4) is 0 Å². The minimum Gasteiger partial charge on any atom is -0.457 e. The summed E-state index contributed by atoms with van der Waals surface area (Å²) in [6, 6.07) is 0. The van der Waals surface area contributed by atoms with Crippen LogP contribution in [0, 0.1) is 0 Å². The highest BCUT2D eigenvalue weighted by atomic mass is 28.4. The molecule has 7 heteroatoms. The fourth-order valence-corrected chi connectivity index (χ4v) is 9.05. The van der Waals surface area contributed by atoms with Crippen LogP contribution in [0.4, 0.5) is 0 Å². The summed E-state index contributed by atoms with van der Waals surface area (Å²) < 4.78 is 28.4. The maximum Gasteiger partial charge on any atom is 0.202 e. The highest BCUT2D eigenvalue weighted by Gasteiger charge is 2.37. The van der Waals surface area contributed by atoms with Crippen molar-refractivity contribution in [2.75, 3.05) is 33.0 Å². The molecule has 0 aromatic rings. The van der Waals surface area contributed by atoms with E-state index in [2.05, 4.69) is 26.2 Å². The van der Waals surface area contributed by atoms with Crippen LogP contribution in [0.15, 0.2) is 0 Å². The summed E-state index contributed by atoms with van der Waals surface area (Å²) in [6.45, 7) is 12.7. The van der Waals surface area contributed by atoms with Gasteiger partial charge in [0.1, 0.15) is 12.2 Å². The molecule has 0 spiro atoms. The lowest BCUT2D eigenvalue weighted by atomic mass is 10.4. The van der Waals surface area contributed by atoms with Gasteiger partial charge in [0.05, 0.1) is 32.2 Å². The predicted molar refractivity (Wildman–Crippen MR) is 82.1 cm³/mol. The Morgan fingerprint density at radius 3 is 2.30 bits per heavy atom. The lowest BCUT2D eigenvalue weighted by Crippen LogP contribution is -2.50. The Bertz CT molecular complexity index is 292. The molecule has 0 amide bonds. The van der Waals surface area contributed by atoms with Crippen LogP contribution in [-0.2, 0) is 23.1 Å². The van der Waals surface area contributed by atoms with Crippen molar-refractivity contribution in [1.82, 2.24) is 0 Å². The lowest BCUT2D eigenvalue weighted by molar-refractivity contribution is 0.0406. The maximum atomic E-state index is 6.27. The summed E-state index contributed by atoms with van der Waals surface area (Å²) >= 11 is 0. The van der Waals surface area contributed by atoms with Crippen LogP contribution < -0.4 is 0 Å². The first-order valence-electron chi connectivity index (χ1n) is 7.57. The second-order valence-corrected chi connectivity index (χ2v) is 13.3. The molecule has 2 heterocycles. The monoisotopic (exact) mass is 320 g/mol. The van der Waals surface area contributed by atoms with Crippen molar-refractivity contribution >= 4 is 17.4 Å². The first kappa shape index (κ1) is 16.6. The Kier molecular flexibility index (Phi) is 6.21. The summed E-state index contributed by atoms with van der Waals surface area (Å²) in [6.07, 6.45) is 1.54. The van der Waals surface area contributed by atoms with Crippen molar-refractivity contribution in [2.45, 2.75) is 50.5 Å². The Morgan fingerprint density at radius 1 is 1.15 bits per heavy atom. The lowest BCUT2D eigenvalue weighted by Gasteiger charge is -2.34. The van der Waals surface area contributed by atoms with E-state index in [1.165, 1.54) is 0 Å². The highest BCUT2D eigenvalue weighted by molar-refractivity contribution is 6.78. The molecule has 2 saturated heterocycles. The average Bonchev–Trinajstić information content (AvgIpc) is 3.21. The number of epoxide rings is 2. The molecule has 0 N–H and O–H groups in total. The van der Waals surface area contributed by atoms with Crippen molar-refractivity contribution in [3.05, 3.63) is 0 Å². The zero-order valence-electron chi connectivity index (χ0n) is 13.1. The second-order valence-electron chi connectivity index (χ2n) is 6.37. The van der Waals surface area contributed by atoms with Crippen LogP contribution in [0.1, 0.15) is 6.42 Å². The molecule has 2 aliphatic heterocycles. The molecule has 118 valence electrons. The van der Waals surface area contributed by atoms with Crippen LogP contribution in [0.3, 0.4) is 0 Å². The molecule has 20 heavy (non-hydrogen) atoms. The minimum atomic E-state index is -1.82. The predicted octanol–water partition coefficient (Wildman–Crippen LogP) is 1.32. The van der Waals surface area contributed by atoms with Gasteiger partial charge in [0.2, 0.25) is 8.32 Å². The summed E-state index contributed by atoms with van der Waals surface area (Å²) in [5.74, 6) is 0. The third-order valence-corrected chi connectivity index (χ3v) is 9.75. The zero-order valence-corrected chi connectivity index (χ0v) is 15.2. The maximum absolute atomic E-state index is 6.27. The van der Waals surface area contributed by atoms with Crippen LogP contribution in [0.25, 0.3) is 0 Å². The van der Waals surface area contributed by atoms with Gasteiger partial charge in [-0.3, -0.25) is 0 Å². The van der Waals surface area contributed by atoms with E-state index in [0.717, 1.165) is 26.2 Å². The number of hydrogen-bond donors (Lipinski definition) is 0. The first-order chi connectivity index (χ1) is 9.47. The number of hydrogen-bond acceptors (Lipinski definition) is 5. The van der Waals surface area contributed by atoms with E-state index in [-0.39, 0.29) is 5.73 Å². The van der Waals surface area contributed by atoms with Gasteiger partial charge in [0.15, 0.2) is 9.04 Å². The van der Waals surface area contributed by atoms with Gasteiger partial charge in [0, 0.05) is 6.61 Å². The number of rotatable bonds is 11. The van der Waals surface area contributed by atoms with E-state index >= 15 is 0 Å². The summed E-state index contributed by atoms with van der Waals surface area (Å²) in [4.78, 5) is 0. The molecular formula is C13H28O5Si2. The van der Waals surface area contributed by atoms with Gasteiger partial charge in [-0.15, -0.1) is 0 Å². The molecule has 0 aromatic heterocycles. The van der Waals surface area contributed by atoms with Gasteiger partial charge in [-0.25, -0.2) is 0 Å². The molecule has 0 saturated carbocycles. The second kappa shape index (κ2) is 7.48. The Morgan fingerprint density at radius 2 is 1.75 bits per heavy atom. The molecule has 2 rings (SSSR count). The van der Waals surface area contributed by atoms with Gasteiger partial charge in [-0.2, -0.15) is 0 Å². The zero-order chi connectivity index (χ0) is 14.6. The van der Waals surface area contributed by atoms with Gasteiger partial charge in [-0.05, 0) is 32.6 Å². The molecule has 0 aromatic carbocycles. The van der Waals surface area contributed by atoms with Crippen molar-refractivity contribution < 1.29 is 23.1 Å². The van der Waals surface area contributed by atoms with E-state index in [9.17, 15) is 0 Å². The van der Waals surface area contributed by atoms with Crippen molar-refractivity contribution in [3.63, 3.8) is 0 Å². The van der Waals surface area contributed by atoms with Gasteiger partial charge >= 0.3 is 0 Å². The third-order valence-electron chi connectivity index (χ3n) is 3.43. The Labute approximate surface area is 124 Å². The Hall–Kier alpha value is 0.234. The highest BCUT2D eigenvalue weighted by Crippen LogP contribution is 2.21. The average molecular weight is 321 g/mol. The molecule has 2 aliphatic rings. The normalized spacial score (nSPS) is 26.9. The topological polar surface area (TPSA) is 52.8 Å². The number of ether oxygens (including phenoxy) is 4. The Balaban J connectivity index is 1.74. The van der Waals surface area contributed by atoms with Crippen LogP contribution >= 0.6 is 0 Å². The SMILES string of the molecule is C[SiH](C)O[Si](C)(C)C(CCOCC1CO1)OCC1CO1. The molecule has 0 radical (unpaired) electrons. The van der Waals surface area contributed by atoms with Crippen molar-refractivity contribution in [2.24, 2.45) is 0 Å². The van der Waals surface area contributed by atoms with Crippen LogP contribution in [0.2, 0.25) is 26.2 Å².